The molecule has 0 saturated carbocycles. The van der Waals surface area contributed by atoms with Crippen molar-refractivity contribution in [3.05, 3.63) is 23.3 Å². The lowest BCUT2D eigenvalue weighted by molar-refractivity contribution is 0.0454. The van der Waals surface area contributed by atoms with Gasteiger partial charge in [-0.05, 0) is 20.8 Å². The monoisotopic (exact) mass is 353 g/mol. The summed E-state index contributed by atoms with van der Waals surface area (Å²) in [5.41, 5.74) is 1.27. The molecule has 0 N–H and O–H groups in total. The number of hydrogen-bond acceptors (Lipinski definition) is 6. The fourth-order valence-corrected chi connectivity index (χ4v) is 5.74. The quantitative estimate of drug-likeness (QED) is 0.729. The Labute approximate surface area is 144 Å². The van der Waals surface area contributed by atoms with Crippen LogP contribution in [0.2, 0.25) is 0 Å². The summed E-state index contributed by atoms with van der Waals surface area (Å²) in [5.74, 6) is 2.17. The molecule has 3 rings (SSSR count). The van der Waals surface area contributed by atoms with E-state index in [1.807, 2.05) is 14.0 Å². The van der Waals surface area contributed by atoms with E-state index in [9.17, 15) is 8.42 Å². The van der Waals surface area contributed by atoms with Crippen LogP contribution < -0.4 is 0 Å². The normalized spacial score (nSPS) is 27.2. The molecule has 0 amide bonds. The van der Waals surface area contributed by atoms with E-state index in [0.29, 0.717) is 6.54 Å². The van der Waals surface area contributed by atoms with Crippen LogP contribution in [0.25, 0.3) is 0 Å². The van der Waals surface area contributed by atoms with Gasteiger partial charge in [0.2, 0.25) is 0 Å². The summed E-state index contributed by atoms with van der Waals surface area (Å²) in [6, 6.07) is 0.125. The first-order chi connectivity index (χ1) is 11.2. The lowest BCUT2D eigenvalue weighted by Gasteiger charge is -2.43. The van der Waals surface area contributed by atoms with Gasteiger partial charge in [-0.15, -0.1) is 0 Å². The molecule has 0 spiro atoms. The molecule has 1 aromatic rings. The first kappa shape index (κ1) is 17.6. The van der Waals surface area contributed by atoms with E-state index in [-0.39, 0.29) is 23.6 Å². The third-order valence-electron chi connectivity index (χ3n) is 4.94. The van der Waals surface area contributed by atoms with Gasteiger partial charge in [0.05, 0.1) is 18.1 Å². The van der Waals surface area contributed by atoms with Crippen LogP contribution in [0, 0.1) is 6.92 Å². The Hall–Kier alpha value is -1.25. The van der Waals surface area contributed by atoms with Crippen LogP contribution in [0.5, 0.6) is 0 Å². The second kappa shape index (κ2) is 6.57. The molecule has 2 fully saturated rings. The number of sulfone groups is 1. The maximum atomic E-state index is 12.2. The third kappa shape index (κ3) is 3.70. The number of rotatable bonds is 4. The Kier molecular flexibility index (Phi) is 4.81. The summed E-state index contributed by atoms with van der Waals surface area (Å²) in [6.07, 6.45) is 2.18. The first-order valence-corrected chi connectivity index (χ1v) is 10.3. The second-order valence-corrected chi connectivity index (χ2v) is 9.31. The summed E-state index contributed by atoms with van der Waals surface area (Å²) in [4.78, 5) is 9.07. The highest BCUT2D eigenvalue weighted by molar-refractivity contribution is 7.91. The first-order valence-electron chi connectivity index (χ1n) is 8.43. The molecule has 0 aliphatic carbocycles. The number of fused-ring (bicyclic) bond motifs is 1. The molecule has 1 aromatic heterocycles. The number of aryl methyl sites for hydroxylation is 2. The van der Waals surface area contributed by atoms with Crippen molar-refractivity contribution in [2.75, 3.05) is 31.1 Å². The fourth-order valence-electron chi connectivity index (χ4n) is 3.70. The van der Waals surface area contributed by atoms with Crippen molar-refractivity contribution in [3.63, 3.8) is 0 Å². The molecule has 0 radical (unpaired) electrons. The van der Waals surface area contributed by atoms with Gasteiger partial charge < -0.3 is 0 Å². The Morgan fingerprint density at radius 2 is 1.83 bits per heavy atom. The average molecular weight is 353 g/mol. The molecule has 134 valence electrons. The Balaban J connectivity index is 1.79. The van der Waals surface area contributed by atoms with Gasteiger partial charge in [0.15, 0.2) is 9.84 Å². The number of allylic oxidation sites excluding steroid dienone is 1. The fraction of sp³-hybridized carbons (Fsp3) is 0.750. The molecule has 2 aliphatic heterocycles. The standard InChI is InChI=1S/C16H27N5O2S/c1-12(2)5-6-20-7-8-21(9-16-17-13(3)18-19(16)4)15-11-24(22,23)10-14(15)20/h5,14-15H,6-11H2,1-4H3/t14-,15+/m1/s1. The van der Waals surface area contributed by atoms with Crippen LogP contribution in [0.4, 0.5) is 0 Å². The van der Waals surface area contributed by atoms with Gasteiger partial charge >= 0.3 is 0 Å². The maximum absolute atomic E-state index is 12.2. The minimum atomic E-state index is -2.98. The zero-order valence-corrected chi connectivity index (χ0v) is 15.8. The number of piperazine rings is 1. The topological polar surface area (TPSA) is 71.3 Å². The highest BCUT2D eigenvalue weighted by atomic mass is 32.2. The smallest absolute Gasteiger partial charge is 0.153 e. The molecule has 7 nitrogen and oxygen atoms in total. The molecule has 0 aromatic carbocycles. The van der Waals surface area contributed by atoms with Gasteiger partial charge in [0.25, 0.3) is 0 Å². The lowest BCUT2D eigenvalue weighted by Crippen LogP contribution is -2.58. The van der Waals surface area contributed by atoms with Crippen molar-refractivity contribution in [2.24, 2.45) is 7.05 Å². The molecule has 3 heterocycles. The Bertz CT molecular complexity index is 736. The second-order valence-electron chi connectivity index (χ2n) is 7.16. The van der Waals surface area contributed by atoms with E-state index in [1.54, 1.807) is 4.68 Å². The Morgan fingerprint density at radius 1 is 1.21 bits per heavy atom. The zero-order valence-electron chi connectivity index (χ0n) is 14.9. The molecular formula is C16H27N5O2S. The van der Waals surface area contributed by atoms with E-state index in [1.165, 1.54) is 5.57 Å². The third-order valence-corrected chi connectivity index (χ3v) is 6.64. The van der Waals surface area contributed by atoms with E-state index in [0.717, 1.165) is 31.3 Å². The van der Waals surface area contributed by atoms with Crippen LogP contribution in [0.15, 0.2) is 11.6 Å². The van der Waals surface area contributed by atoms with E-state index < -0.39 is 9.84 Å². The van der Waals surface area contributed by atoms with E-state index in [4.69, 9.17) is 0 Å². The van der Waals surface area contributed by atoms with Crippen LogP contribution >= 0.6 is 0 Å². The van der Waals surface area contributed by atoms with Crippen molar-refractivity contribution >= 4 is 9.84 Å². The van der Waals surface area contributed by atoms with Crippen molar-refractivity contribution in [1.82, 2.24) is 24.6 Å². The van der Waals surface area contributed by atoms with Crippen LogP contribution in [-0.2, 0) is 23.4 Å². The van der Waals surface area contributed by atoms with Gasteiger partial charge in [0.1, 0.15) is 11.6 Å². The SMILES string of the molecule is CC(C)=CCN1CCN(Cc2nc(C)nn2C)[C@H]2CS(=O)(=O)C[C@H]21. The van der Waals surface area contributed by atoms with Crippen LogP contribution in [0.3, 0.4) is 0 Å². The maximum Gasteiger partial charge on any atom is 0.153 e. The minimum absolute atomic E-state index is 0.0475. The van der Waals surface area contributed by atoms with Crippen molar-refractivity contribution < 1.29 is 8.42 Å². The molecular weight excluding hydrogens is 326 g/mol. The van der Waals surface area contributed by atoms with Gasteiger partial charge in [0, 0.05) is 38.8 Å². The molecule has 2 saturated heterocycles. The summed E-state index contributed by atoms with van der Waals surface area (Å²) in [6.45, 7) is 9.27. The predicted octanol–water partition coefficient (Wildman–Crippen LogP) is 0.373. The van der Waals surface area contributed by atoms with Crippen LogP contribution in [-0.4, -0.2) is 76.2 Å². The highest BCUT2D eigenvalue weighted by Gasteiger charge is 2.46. The Morgan fingerprint density at radius 3 is 2.42 bits per heavy atom. The van der Waals surface area contributed by atoms with E-state index in [2.05, 4.69) is 39.8 Å². The van der Waals surface area contributed by atoms with Gasteiger partial charge in [-0.2, -0.15) is 5.10 Å². The van der Waals surface area contributed by atoms with Gasteiger partial charge in [-0.1, -0.05) is 11.6 Å². The summed E-state index contributed by atoms with van der Waals surface area (Å²) >= 11 is 0. The largest absolute Gasteiger partial charge is 0.293 e. The van der Waals surface area contributed by atoms with E-state index >= 15 is 0 Å². The number of nitrogens with zero attached hydrogens (tertiary/aromatic N) is 5. The lowest BCUT2D eigenvalue weighted by atomic mass is 10.0. The zero-order chi connectivity index (χ0) is 17.5. The van der Waals surface area contributed by atoms with Crippen molar-refractivity contribution in [1.29, 1.82) is 0 Å². The highest BCUT2D eigenvalue weighted by Crippen LogP contribution is 2.28. The predicted molar refractivity (Wildman–Crippen MR) is 93.4 cm³/mol. The van der Waals surface area contributed by atoms with Crippen LogP contribution in [0.1, 0.15) is 25.5 Å². The summed E-state index contributed by atoms with van der Waals surface area (Å²) < 4.78 is 26.3. The molecule has 2 atom stereocenters. The molecule has 24 heavy (non-hydrogen) atoms. The molecule has 0 unspecified atom stereocenters. The number of aromatic nitrogens is 3. The summed E-state index contributed by atoms with van der Waals surface area (Å²) in [7, 11) is -1.09. The van der Waals surface area contributed by atoms with Crippen molar-refractivity contribution in [3.8, 4) is 0 Å². The minimum Gasteiger partial charge on any atom is -0.293 e. The average Bonchev–Trinajstić information content (AvgIpc) is 2.96. The molecule has 8 heteroatoms. The summed E-state index contributed by atoms with van der Waals surface area (Å²) in [5, 5.41) is 4.30. The van der Waals surface area contributed by atoms with Gasteiger partial charge in [-0.3, -0.25) is 14.5 Å². The van der Waals surface area contributed by atoms with Gasteiger partial charge in [-0.25, -0.2) is 13.4 Å². The number of hydrogen-bond donors (Lipinski definition) is 0. The molecule has 0 bridgehead atoms. The molecule has 2 aliphatic rings. The van der Waals surface area contributed by atoms with Crippen molar-refractivity contribution in [2.45, 2.75) is 39.4 Å².